The van der Waals surface area contributed by atoms with Crippen LogP contribution in [-0.2, 0) is 18.6 Å². The number of hydrogen-bond acceptors (Lipinski definition) is 4. The van der Waals surface area contributed by atoms with Gasteiger partial charge in [0.15, 0.2) is 0 Å². The second-order valence-corrected chi connectivity index (χ2v) is 7.49. The molecule has 1 saturated carbocycles. The Hall–Kier alpha value is -1.11. The molecule has 1 aliphatic carbocycles. The fraction of sp³-hybridized carbons (Fsp3) is 0.462. The molecule has 1 N–H and O–H groups in total. The zero-order chi connectivity index (χ0) is 14.8. The molecule has 1 aromatic carbocycles. The number of carbonyl (C=O) groups is 1. The van der Waals surface area contributed by atoms with Gasteiger partial charge in [0.05, 0.1) is 16.9 Å². The highest BCUT2D eigenvalue weighted by Gasteiger charge is 2.38. The lowest BCUT2D eigenvalue weighted by Gasteiger charge is -2.39. The van der Waals surface area contributed by atoms with Crippen LogP contribution in [0.3, 0.4) is 0 Å². The minimum Gasteiger partial charge on any atom is -0.378 e. The molecule has 0 unspecified atom stereocenters. The normalized spacial score (nSPS) is 17.3. The van der Waals surface area contributed by atoms with Crippen molar-refractivity contribution in [3.63, 3.8) is 0 Å². The van der Waals surface area contributed by atoms with Gasteiger partial charge in [0.1, 0.15) is 0 Å². The van der Waals surface area contributed by atoms with Crippen LogP contribution < -0.4 is 5.32 Å². The van der Waals surface area contributed by atoms with Crippen LogP contribution in [0.2, 0.25) is 0 Å². The maximum atomic E-state index is 11.9. The van der Waals surface area contributed by atoms with Crippen LogP contribution in [0.15, 0.2) is 29.2 Å². The first-order valence-electron chi connectivity index (χ1n) is 6.24. The number of rotatable bonds is 5. The van der Waals surface area contributed by atoms with E-state index in [2.05, 4.69) is 5.32 Å². The van der Waals surface area contributed by atoms with Crippen molar-refractivity contribution in [2.24, 2.45) is 0 Å². The molecule has 0 spiro atoms. The van der Waals surface area contributed by atoms with E-state index in [1.807, 2.05) is 0 Å². The Kier molecular flexibility index (Phi) is 4.36. The standard InChI is InChI=1S/C13H16ClNO4S/c1-19-13(7-2-8-13)9-12(16)15-10-3-5-11(6-4-10)20(14,17)18/h3-6H,2,7-9H2,1H3,(H,15,16). The highest BCUT2D eigenvalue weighted by Crippen LogP contribution is 2.38. The van der Waals surface area contributed by atoms with Crippen molar-refractivity contribution in [2.45, 2.75) is 36.2 Å². The van der Waals surface area contributed by atoms with E-state index in [1.54, 1.807) is 7.11 Å². The topological polar surface area (TPSA) is 72.5 Å². The molecule has 0 saturated heterocycles. The van der Waals surface area contributed by atoms with Crippen molar-refractivity contribution in [1.82, 2.24) is 0 Å². The number of halogens is 1. The highest BCUT2D eigenvalue weighted by atomic mass is 35.7. The third kappa shape index (κ3) is 3.50. The maximum Gasteiger partial charge on any atom is 0.261 e. The number of benzene rings is 1. The minimum absolute atomic E-state index is 0.00419. The van der Waals surface area contributed by atoms with E-state index in [9.17, 15) is 13.2 Å². The lowest BCUT2D eigenvalue weighted by atomic mass is 9.77. The second-order valence-electron chi connectivity index (χ2n) is 4.93. The molecular weight excluding hydrogens is 302 g/mol. The fourth-order valence-electron chi connectivity index (χ4n) is 2.22. The fourth-order valence-corrected chi connectivity index (χ4v) is 2.99. The third-order valence-corrected chi connectivity index (χ3v) is 4.97. The molecule has 0 bridgehead atoms. The number of hydrogen-bond donors (Lipinski definition) is 1. The van der Waals surface area contributed by atoms with Crippen molar-refractivity contribution in [2.75, 3.05) is 12.4 Å². The van der Waals surface area contributed by atoms with Gasteiger partial charge in [0.2, 0.25) is 5.91 Å². The zero-order valence-corrected chi connectivity index (χ0v) is 12.6. The molecule has 2 rings (SSSR count). The van der Waals surface area contributed by atoms with Crippen LogP contribution in [0.4, 0.5) is 5.69 Å². The predicted molar refractivity (Wildman–Crippen MR) is 76.3 cm³/mol. The first-order chi connectivity index (χ1) is 9.35. The van der Waals surface area contributed by atoms with Gasteiger partial charge in [-0.2, -0.15) is 0 Å². The van der Waals surface area contributed by atoms with Gasteiger partial charge in [-0.1, -0.05) is 0 Å². The van der Waals surface area contributed by atoms with Crippen LogP contribution in [-0.4, -0.2) is 27.0 Å². The molecular formula is C13H16ClNO4S. The number of methoxy groups -OCH3 is 1. The quantitative estimate of drug-likeness (QED) is 0.847. The lowest BCUT2D eigenvalue weighted by Crippen LogP contribution is -2.42. The van der Waals surface area contributed by atoms with E-state index in [4.69, 9.17) is 15.4 Å². The average Bonchev–Trinajstić information content (AvgIpc) is 2.33. The largest absolute Gasteiger partial charge is 0.378 e. The molecule has 110 valence electrons. The number of anilines is 1. The van der Waals surface area contributed by atoms with Crippen LogP contribution >= 0.6 is 10.7 Å². The smallest absolute Gasteiger partial charge is 0.261 e. The predicted octanol–water partition coefficient (Wildman–Crippen LogP) is 2.51. The third-order valence-electron chi connectivity index (χ3n) is 3.60. The average molecular weight is 318 g/mol. The molecule has 7 heteroatoms. The van der Waals surface area contributed by atoms with Gasteiger partial charge in [-0.15, -0.1) is 0 Å². The van der Waals surface area contributed by atoms with Crippen molar-refractivity contribution >= 4 is 31.3 Å². The Labute approximate surface area is 122 Å². The first-order valence-corrected chi connectivity index (χ1v) is 8.55. The molecule has 0 heterocycles. The molecule has 0 atom stereocenters. The molecule has 1 fully saturated rings. The Morgan fingerprint density at radius 3 is 2.35 bits per heavy atom. The summed E-state index contributed by atoms with van der Waals surface area (Å²) in [5.41, 5.74) is 0.202. The van der Waals surface area contributed by atoms with Crippen molar-refractivity contribution in [1.29, 1.82) is 0 Å². The van der Waals surface area contributed by atoms with Gasteiger partial charge in [-0.3, -0.25) is 4.79 Å². The summed E-state index contributed by atoms with van der Waals surface area (Å²) in [4.78, 5) is 11.9. The monoisotopic (exact) mass is 317 g/mol. The highest BCUT2D eigenvalue weighted by molar-refractivity contribution is 8.13. The van der Waals surface area contributed by atoms with E-state index in [1.165, 1.54) is 24.3 Å². The molecule has 5 nitrogen and oxygen atoms in total. The van der Waals surface area contributed by atoms with Gasteiger partial charge in [0, 0.05) is 23.5 Å². The van der Waals surface area contributed by atoms with Crippen molar-refractivity contribution in [3.05, 3.63) is 24.3 Å². The summed E-state index contributed by atoms with van der Waals surface area (Å²) in [5, 5.41) is 2.72. The summed E-state index contributed by atoms with van der Waals surface area (Å²) in [6, 6.07) is 5.72. The van der Waals surface area contributed by atoms with E-state index in [-0.39, 0.29) is 16.4 Å². The summed E-state index contributed by atoms with van der Waals surface area (Å²) in [6.45, 7) is 0. The zero-order valence-electron chi connectivity index (χ0n) is 11.1. The van der Waals surface area contributed by atoms with E-state index < -0.39 is 9.05 Å². The van der Waals surface area contributed by atoms with Gasteiger partial charge < -0.3 is 10.1 Å². The second kappa shape index (κ2) is 5.71. The number of ether oxygens (including phenoxy) is 1. The molecule has 1 aromatic rings. The summed E-state index contributed by atoms with van der Waals surface area (Å²) in [7, 11) is 3.10. The van der Waals surface area contributed by atoms with Gasteiger partial charge in [-0.05, 0) is 43.5 Å². The lowest BCUT2D eigenvalue weighted by molar-refractivity contribution is -0.129. The summed E-state index contributed by atoms with van der Waals surface area (Å²) < 4.78 is 27.6. The molecule has 0 aliphatic heterocycles. The van der Waals surface area contributed by atoms with Crippen LogP contribution in [0, 0.1) is 0 Å². The molecule has 0 aromatic heterocycles. The number of nitrogens with one attached hydrogen (secondary N) is 1. The van der Waals surface area contributed by atoms with Gasteiger partial charge in [0.25, 0.3) is 9.05 Å². The van der Waals surface area contributed by atoms with Crippen LogP contribution in [0.25, 0.3) is 0 Å². The Morgan fingerprint density at radius 1 is 1.35 bits per heavy atom. The first kappa shape index (κ1) is 15.3. The van der Waals surface area contributed by atoms with Crippen LogP contribution in [0.1, 0.15) is 25.7 Å². The number of amides is 1. The molecule has 0 radical (unpaired) electrons. The molecule has 20 heavy (non-hydrogen) atoms. The summed E-state index contributed by atoms with van der Waals surface area (Å²) in [6.07, 6.45) is 3.16. The maximum absolute atomic E-state index is 11.9. The Balaban J connectivity index is 1.98. The summed E-state index contributed by atoms with van der Waals surface area (Å²) >= 11 is 0. The molecule has 1 aliphatic rings. The van der Waals surface area contributed by atoms with Gasteiger partial charge in [-0.25, -0.2) is 8.42 Å². The minimum atomic E-state index is -3.74. The Bertz CT molecular complexity index is 588. The van der Waals surface area contributed by atoms with E-state index in [0.29, 0.717) is 12.1 Å². The van der Waals surface area contributed by atoms with Crippen molar-refractivity contribution < 1.29 is 17.9 Å². The Morgan fingerprint density at radius 2 is 1.95 bits per heavy atom. The van der Waals surface area contributed by atoms with Crippen molar-refractivity contribution in [3.8, 4) is 0 Å². The number of carbonyl (C=O) groups excluding carboxylic acids is 1. The van der Waals surface area contributed by atoms with E-state index in [0.717, 1.165) is 19.3 Å². The summed E-state index contributed by atoms with van der Waals surface area (Å²) in [5.74, 6) is -0.145. The van der Waals surface area contributed by atoms with Crippen LogP contribution in [0.5, 0.6) is 0 Å². The van der Waals surface area contributed by atoms with Gasteiger partial charge >= 0.3 is 0 Å². The molecule has 1 amide bonds. The van der Waals surface area contributed by atoms with E-state index >= 15 is 0 Å². The SMILES string of the molecule is COC1(CC(=O)Nc2ccc(S(=O)(=O)Cl)cc2)CCC1.